The quantitative estimate of drug-likeness (QED) is 0.679. The van der Waals surface area contributed by atoms with Crippen molar-refractivity contribution in [2.45, 2.75) is 31.1 Å². The van der Waals surface area contributed by atoms with Crippen molar-refractivity contribution < 1.29 is 9.90 Å². The average Bonchev–Trinajstić information content (AvgIpc) is 2.16. The van der Waals surface area contributed by atoms with E-state index in [9.17, 15) is 4.79 Å². The number of nitrogens with zero attached hydrogens (tertiary/aromatic N) is 1. The number of carboxylic acid groups (broad SMARTS) is 1. The molecule has 0 aromatic carbocycles. The monoisotopic (exact) mass is 213 g/mol. The van der Waals surface area contributed by atoms with Gasteiger partial charge < -0.3 is 5.11 Å². The second-order valence-corrected chi connectivity index (χ2v) is 4.42. The Bertz CT molecular complexity index is 322. The van der Waals surface area contributed by atoms with Crippen LogP contribution in [0.3, 0.4) is 0 Å². The smallest absolute Gasteiger partial charge is 0.354 e. The Balaban J connectivity index is 2.33. The van der Waals surface area contributed by atoms with Crippen LogP contribution in [0.4, 0.5) is 0 Å². The minimum atomic E-state index is -0.924. The van der Waals surface area contributed by atoms with Crippen LogP contribution in [0.5, 0.6) is 0 Å². The Morgan fingerprint density at radius 1 is 1.57 bits per heavy atom. The number of allylic oxidation sites excluding steroid dienone is 1. The first kappa shape index (κ1) is 9.71. The number of fused-ring (bicyclic) bond motifs is 1. The Kier molecular flexibility index (Phi) is 2.59. The van der Waals surface area contributed by atoms with Crippen LogP contribution >= 0.6 is 11.6 Å². The van der Waals surface area contributed by atoms with Gasteiger partial charge in [-0.1, -0.05) is 0 Å². The van der Waals surface area contributed by atoms with Crippen molar-refractivity contribution in [2.75, 3.05) is 0 Å². The van der Waals surface area contributed by atoms with E-state index >= 15 is 0 Å². The van der Waals surface area contributed by atoms with Gasteiger partial charge in [0.05, 0.1) is 0 Å². The molecule has 1 saturated carbocycles. The molecule has 1 heterocycles. The summed E-state index contributed by atoms with van der Waals surface area (Å²) in [6.45, 7) is 0. The molecule has 2 aliphatic rings. The zero-order valence-corrected chi connectivity index (χ0v) is 8.50. The number of halogens is 1. The fourth-order valence-corrected chi connectivity index (χ4v) is 2.45. The van der Waals surface area contributed by atoms with Gasteiger partial charge >= 0.3 is 5.97 Å². The maximum Gasteiger partial charge on any atom is 0.354 e. The van der Waals surface area contributed by atoms with E-state index in [-0.39, 0.29) is 11.1 Å². The van der Waals surface area contributed by atoms with Gasteiger partial charge in [0.2, 0.25) is 0 Å². The molecule has 0 amide bonds. The summed E-state index contributed by atoms with van der Waals surface area (Å²) in [5.74, 6) is -0.555. The van der Waals surface area contributed by atoms with Gasteiger partial charge in [0.25, 0.3) is 0 Å². The Labute approximate surface area is 87.5 Å². The number of aliphatic carboxylic acids is 1. The molecule has 0 saturated heterocycles. The molecule has 1 N–H and O–H groups in total. The zero-order chi connectivity index (χ0) is 10.1. The summed E-state index contributed by atoms with van der Waals surface area (Å²) in [5, 5.41) is 9.04. The second-order valence-electron chi connectivity index (χ2n) is 3.80. The molecule has 2 rings (SSSR count). The SMILES string of the molecule is O=C(O)C1=C2CC(Cl)CCC2CC=N1. The Hall–Kier alpha value is -0.830. The molecule has 3 nitrogen and oxygen atoms in total. The van der Waals surface area contributed by atoms with E-state index in [1.165, 1.54) is 0 Å². The molecular weight excluding hydrogens is 202 g/mol. The number of carbonyl (C=O) groups is 1. The molecule has 0 spiro atoms. The first-order valence-electron chi connectivity index (χ1n) is 4.81. The van der Waals surface area contributed by atoms with E-state index in [1.807, 2.05) is 0 Å². The van der Waals surface area contributed by atoms with Crippen LogP contribution < -0.4 is 0 Å². The van der Waals surface area contributed by atoms with Gasteiger partial charge in [-0.05, 0) is 37.2 Å². The minimum Gasteiger partial charge on any atom is -0.477 e. The van der Waals surface area contributed by atoms with Crippen LogP contribution in [0.25, 0.3) is 0 Å². The molecule has 14 heavy (non-hydrogen) atoms. The minimum absolute atomic E-state index is 0.0869. The topological polar surface area (TPSA) is 49.7 Å². The highest BCUT2D eigenvalue weighted by Crippen LogP contribution is 2.38. The maximum atomic E-state index is 10.9. The predicted molar refractivity (Wildman–Crippen MR) is 54.8 cm³/mol. The summed E-state index contributed by atoms with van der Waals surface area (Å²) in [4.78, 5) is 14.8. The van der Waals surface area contributed by atoms with Crippen LogP contribution in [-0.2, 0) is 4.79 Å². The Morgan fingerprint density at radius 2 is 2.36 bits per heavy atom. The van der Waals surface area contributed by atoms with E-state index in [0.717, 1.165) is 24.8 Å². The van der Waals surface area contributed by atoms with Crippen molar-refractivity contribution in [2.24, 2.45) is 10.9 Å². The molecule has 1 aliphatic carbocycles. The third-order valence-electron chi connectivity index (χ3n) is 2.88. The fourth-order valence-electron chi connectivity index (χ4n) is 2.16. The standard InChI is InChI=1S/C10H12ClNO2/c11-7-2-1-6-3-4-12-9(10(13)14)8(6)5-7/h4,6-7H,1-3,5H2,(H,13,14). The molecule has 0 aromatic rings. The molecule has 2 unspecified atom stereocenters. The maximum absolute atomic E-state index is 10.9. The molecule has 0 bridgehead atoms. The summed E-state index contributed by atoms with van der Waals surface area (Å²) in [5.41, 5.74) is 1.18. The average molecular weight is 214 g/mol. The van der Waals surface area contributed by atoms with E-state index in [1.54, 1.807) is 6.21 Å². The molecule has 1 fully saturated rings. The van der Waals surface area contributed by atoms with E-state index < -0.39 is 5.97 Å². The number of hydrogen-bond donors (Lipinski definition) is 1. The van der Waals surface area contributed by atoms with Gasteiger partial charge in [-0.3, -0.25) is 4.99 Å². The molecule has 4 heteroatoms. The summed E-state index contributed by atoms with van der Waals surface area (Å²) >= 11 is 6.03. The molecule has 0 radical (unpaired) electrons. The third-order valence-corrected chi connectivity index (χ3v) is 3.25. The number of hydrogen-bond acceptors (Lipinski definition) is 2. The molecule has 2 atom stereocenters. The summed E-state index contributed by atoms with van der Waals surface area (Å²) < 4.78 is 0. The largest absolute Gasteiger partial charge is 0.477 e. The number of carboxylic acids is 1. The summed E-state index contributed by atoms with van der Waals surface area (Å²) in [6.07, 6.45) is 5.25. The highest BCUT2D eigenvalue weighted by molar-refractivity contribution is 6.20. The highest BCUT2D eigenvalue weighted by Gasteiger charge is 2.30. The first-order valence-corrected chi connectivity index (χ1v) is 5.25. The van der Waals surface area contributed by atoms with Gasteiger partial charge in [-0.2, -0.15) is 0 Å². The molecule has 1 aliphatic heterocycles. The normalized spacial score (nSPS) is 31.5. The van der Waals surface area contributed by atoms with Crippen molar-refractivity contribution in [1.82, 2.24) is 0 Å². The van der Waals surface area contributed by atoms with Crippen molar-refractivity contribution >= 4 is 23.8 Å². The lowest BCUT2D eigenvalue weighted by Gasteiger charge is -2.30. The van der Waals surface area contributed by atoms with Gasteiger partial charge in [0.15, 0.2) is 0 Å². The van der Waals surface area contributed by atoms with Crippen LogP contribution in [0, 0.1) is 5.92 Å². The lowest BCUT2D eigenvalue weighted by molar-refractivity contribution is -0.132. The van der Waals surface area contributed by atoms with Crippen LogP contribution in [0.1, 0.15) is 25.7 Å². The molecule has 0 aromatic heterocycles. The van der Waals surface area contributed by atoms with Crippen molar-refractivity contribution in [3.8, 4) is 0 Å². The number of rotatable bonds is 1. The summed E-state index contributed by atoms with van der Waals surface area (Å²) in [6, 6.07) is 0. The van der Waals surface area contributed by atoms with E-state index in [2.05, 4.69) is 4.99 Å². The van der Waals surface area contributed by atoms with Crippen LogP contribution in [0.2, 0.25) is 0 Å². The van der Waals surface area contributed by atoms with Crippen LogP contribution in [0.15, 0.2) is 16.3 Å². The number of alkyl halides is 1. The van der Waals surface area contributed by atoms with Crippen LogP contribution in [-0.4, -0.2) is 22.7 Å². The zero-order valence-electron chi connectivity index (χ0n) is 7.74. The highest BCUT2D eigenvalue weighted by atomic mass is 35.5. The van der Waals surface area contributed by atoms with Crippen molar-refractivity contribution in [3.63, 3.8) is 0 Å². The van der Waals surface area contributed by atoms with E-state index in [4.69, 9.17) is 16.7 Å². The van der Waals surface area contributed by atoms with Crippen molar-refractivity contribution in [3.05, 3.63) is 11.3 Å². The first-order chi connectivity index (χ1) is 6.68. The number of aliphatic imine (C=N–C) groups is 1. The van der Waals surface area contributed by atoms with Gasteiger partial charge in [0.1, 0.15) is 5.70 Å². The van der Waals surface area contributed by atoms with Gasteiger partial charge in [-0.15, -0.1) is 11.6 Å². The Morgan fingerprint density at radius 3 is 3.07 bits per heavy atom. The van der Waals surface area contributed by atoms with Gasteiger partial charge in [-0.25, -0.2) is 4.79 Å². The third kappa shape index (κ3) is 1.69. The molecule has 76 valence electrons. The fraction of sp³-hybridized carbons (Fsp3) is 0.600. The van der Waals surface area contributed by atoms with Gasteiger partial charge in [0, 0.05) is 11.6 Å². The van der Waals surface area contributed by atoms with Crippen molar-refractivity contribution in [1.29, 1.82) is 0 Å². The molecular formula is C10H12ClNO2. The predicted octanol–water partition coefficient (Wildman–Crippen LogP) is 2.21. The lowest BCUT2D eigenvalue weighted by Crippen LogP contribution is -2.23. The summed E-state index contributed by atoms with van der Waals surface area (Å²) in [7, 11) is 0. The lowest BCUT2D eigenvalue weighted by atomic mass is 9.80. The second kappa shape index (κ2) is 3.73. The van der Waals surface area contributed by atoms with E-state index in [0.29, 0.717) is 12.3 Å².